The predicted molar refractivity (Wildman–Crippen MR) is 124 cm³/mol. The van der Waals surface area contributed by atoms with Crippen molar-refractivity contribution < 1.29 is 13.2 Å². The molecule has 0 atom stereocenters. The highest BCUT2D eigenvalue weighted by atomic mass is 32.2. The molecule has 1 aliphatic rings. The lowest BCUT2D eigenvalue weighted by molar-refractivity contribution is -0.126. The van der Waals surface area contributed by atoms with Crippen LogP contribution in [0.2, 0.25) is 0 Å². The molecule has 7 nitrogen and oxygen atoms in total. The van der Waals surface area contributed by atoms with Gasteiger partial charge in [0, 0.05) is 31.4 Å². The van der Waals surface area contributed by atoms with Crippen LogP contribution in [-0.4, -0.2) is 41.1 Å². The van der Waals surface area contributed by atoms with E-state index in [-0.39, 0.29) is 11.8 Å². The van der Waals surface area contributed by atoms with E-state index in [4.69, 9.17) is 0 Å². The molecule has 4 rings (SSSR count). The summed E-state index contributed by atoms with van der Waals surface area (Å²) >= 11 is 0. The Bertz CT molecular complexity index is 1250. The minimum atomic E-state index is -3.57. The van der Waals surface area contributed by atoms with Gasteiger partial charge in [-0.25, -0.2) is 13.4 Å². The number of hydrogen-bond acceptors (Lipinski definition) is 4. The van der Waals surface area contributed by atoms with Crippen LogP contribution in [0.4, 0.5) is 0 Å². The molecular weight excluding hydrogens is 424 g/mol. The fourth-order valence-corrected chi connectivity index (χ4v) is 6.49. The van der Waals surface area contributed by atoms with Crippen LogP contribution < -0.4 is 5.32 Å². The third-order valence-corrected chi connectivity index (χ3v) is 8.34. The number of piperidine rings is 1. The zero-order valence-corrected chi connectivity index (χ0v) is 19.9. The van der Waals surface area contributed by atoms with Gasteiger partial charge >= 0.3 is 0 Å². The lowest BCUT2D eigenvalue weighted by atomic mass is 9.97. The van der Waals surface area contributed by atoms with E-state index in [1.54, 1.807) is 0 Å². The average Bonchev–Trinajstić information content (AvgIpc) is 3.13. The van der Waals surface area contributed by atoms with E-state index in [2.05, 4.69) is 10.3 Å². The second-order valence-electron chi connectivity index (χ2n) is 8.83. The number of fused-ring (bicyclic) bond motifs is 1. The number of nitrogens with one attached hydrogen (secondary N) is 1. The number of amides is 1. The van der Waals surface area contributed by atoms with Gasteiger partial charge in [0.25, 0.3) is 0 Å². The first kappa shape index (κ1) is 22.5. The molecule has 1 saturated heterocycles. The maximum atomic E-state index is 13.3. The molecule has 1 N–H and O–H groups in total. The molecule has 8 heteroatoms. The lowest BCUT2D eigenvalue weighted by Gasteiger charge is -2.31. The number of carbonyl (C=O) groups is 1. The minimum absolute atomic E-state index is 0.0435. The first-order valence-electron chi connectivity index (χ1n) is 10.9. The number of nitrogens with zero attached hydrogens (tertiary/aromatic N) is 3. The van der Waals surface area contributed by atoms with Crippen LogP contribution in [0.5, 0.6) is 0 Å². The van der Waals surface area contributed by atoms with E-state index in [1.807, 2.05) is 68.8 Å². The normalized spacial score (nSPS) is 15.9. The summed E-state index contributed by atoms with van der Waals surface area (Å²) in [5.74, 6) is -0.237. The van der Waals surface area contributed by atoms with E-state index >= 15 is 0 Å². The van der Waals surface area contributed by atoms with E-state index in [9.17, 15) is 13.2 Å². The topological polar surface area (TPSA) is 83.8 Å². The van der Waals surface area contributed by atoms with Crippen molar-refractivity contribution in [3.63, 3.8) is 0 Å². The van der Waals surface area contributed by atoms with Crippen molar-refractivity contribution in [1.82, 2.24) is 19.0 Å². The number of carbonyl (C=O) groups excluding carboxylic acids is 1. The van der Waals surface area contributed by atoms with Crippen molar-refractivity contribution in [2.75, 3.05) is 13.1 Å². The van der Waals surface area contributed by atoms with Crippen LogP contribution in [0, 0.1) is 33.6 Å². The van der Waals surface area contributed by atoms with Gasteiger partial charge in [0.2, 0.25) is 15.9 Å². The average molecular weight is 455 g/mol. The summed E-state index contributed by atoms with van der Waals surface area (Å²) in [4.78, 5) is 17.6. The molecule has 170 valence electrons. The maximum Gasteiger partial charge on any atom is 0.243 e. The SMILES string of the molecule is Cc1cc(C)c(S(=O)(=O)N2CCC(C(=O)NCc3cn4ccc(C)cc4n3)CC2)c(C)c1. The molecule has 1 amide bonds. The zero-order valence-electron chi connectivity index (χ0n) is 19.1. The summed E-state index contributed by atoms with van der Waals surface area (Å²) in [6.07, 6.45) is 4.89. The van der Waals surface area contributed by atoms with Crippen molar-refractivity contribution in [1.29, 1.82) is 0 Å². The third kappa shape index (κ3) is 4.42. The molecule has 1 aromatic carbocycles. The molecule has 0 aliphatic carbocycles. The molecule has 2 aromatic heterocycles. The number of benzene rings is 1. The number of sulfonamides is 1. The van der Waals surface area contributed by atoms with Crippen molar-refractivity contribution in [2.45, 2.75) is 52.0 Å². The Kier molecular flexibility index (Phi) is 6.09. The van der Waals surface area contributed by atoms with Crippen molar-refractivity contribution in [2.24, 2.45) is 5.92 Å². The Balaban J connectivity index is 1.37. The first-order chi connectivity index (χ1) is 15.1. The van der Waals surface area contributed by atoms with Crippen LogP contribution in [0.1, 0.15) is 40.8 Å². The smallest absolute Gasteiger partial charge is 0.243 e. The van der Waals surface area contributed by atoms with Crippen molar-refractivity contribution in [3.05, 3.63) is 64.6 Å². The Hall–Kier alpha value is -2.71. The number of pyridine rings is 1. The second-order valence-corrected chi connectivity index (χ2v) is 10.7. The summed E-state index contributed by atoms with van der Waals surface area (Å²) < 4.78 is 30.0. The summed E-state index contributed by atoms with van der Waals surface area (Å²) in [7, 11) is -3.57. The lowest BCUT2D eigenvalue weighted by Crippen LogP contribution is -2.43. The summed E-state index contributed by atoms with van der Waals surface area (Å²) in [6.45, 7) is 8.72. The van der Waals surface area contributed by atoms with E-state index in [0.717, 1.165) is 33.6 Å². The number of aromatic nitrogens is 2. The molecule has 3 heterocycles. The minimum Gasteiger partial charge on any atom is -0.350 e. The molecule has 0 bridgehead atoms. The monoisotopic (exact) mass is 454 g/mol. The van der Waals surface area contributed by atoms with E-state index in [0.29, 0.717) is 37.4 Å². The first-order valence-corrected chi connectivity index (χ1v) is 12.4. The van der Waals surface area contributed by atoms with Gasteiger partial charge in [-0.3, -0.25) is 4.79 Å². The van der Waals surface area contributed by atoms with Gasteiger partial charge in [0.05, 0.1) is 17.1 Å². The number of hydrogen-bond donors (Lipinski definition) is 1. The molecule has 0 unspecified atom stereocenters. The summed E-state index contributed by atoms with van der Waals surface area (Å²) in [5.41, 5.74) is 5.38. The third-order valence-electron chi connectivity index (χ3n) is 6.14. The van der Waals surface area contributed by atoms with Gasteiger partial charge in [-0.2, -0.15) is 4.31 Å². The molecule has 3 aromatic rings. The molecule has 32 heavy (non-hydrogen) atoms. The predicted octanol–water partition coefficient (Wildman–Crippen LogP) is 3.29. The summed E-state index contributed by atoms with van der Waals surface area (Å²) in [5, 5.41) is 2.97. The second kappa shape index (κ2) is 8.67. The van der Waals surface area contributed by atoms with Crippen LogP contribution in [0.3, 0.4) is 0 Å². The molecule has 1 aliphatic heterocycles. The van der Waals surface area contributed by atoms with Gasteiger partial charge < -0.3 is 9.72 Å². The zero-order chi connectivity index (χ0) is 23.0. The largest absolute Gasteiger partial charge is 0.350 e. The highest BCUT2D eigenvalue weighted by Gasteiger charge is 2.33. The van der Waals surface area contributed by atoms with Crippen LogP contribution >= 0.6 is 0 Å². The van der Waals surface area contributed by atoms with E-state index < -0.39 is 10.0 Å². The van der Waals surface area contributed by atoms with Crippen molar-refractivity contribution in [3.8, 4) is 0 Å². The van der Waals surface area contributed by atoms with E-state index in [1.165, 1.54) is 4.31 Å². The Morgan fingerprint density at radius 3 is 2.38 bits per heavy atom. The van der Waals surface area contributed by atoms with Gasteiger partial charge in [0.1, 0.15) is 5.65 Å². The number of aryl methyl sites for hydroxylation is 4. The van der Waals surface area contributed by atoms with Gasteiger partial charge in [-0.1, -0.05) is 17.7 Å². The van der Waals surface area contributed by atoms with Crippen LogP contribution in [0.25, 0.3) is 5.65 Å². The van der Waals surface area contributed by atoms with Gasteiger partial charge in [-0.05, 0) is 69.4 Å². The fraction of sp³-hybridized carbons (Fsp3) is 0.417. The number of imidazole rings is 1. The Morgan fingerprint density at radius 2 is 1.72 bits per heavy atom. The fourth-order valence-electron chi connectivity index (χ4n) is 4.60. The number of rotatable bonds is 5. The quantitative estimate of drug-likeness (QED) is 0.641. The Labute approximate surface area is 189 Å². The van der Waals surface area contributed by atoms with Gasteiger partial charge in [-0.15, -0.1) is 0 Å². The highest BCUT2D eigenvalue weighted by molar-refractivity contribution is 7.89. The molecule has 0 saturated carbocycles. The molecular formula is C24H30N4O3S. The Morgan fingerprint density at radius 1 is 1.06 bits per heavy atom. The highest BCUT2D eigenvalue weighted by Crippen LogP contribution is 2.28. The van der Waals surface area contributed by atoms with Gasteiger partial charge in [0.15, 0.2) is 0 Å². The molecule has 0 spiro atoms. The van der Waals surface area contributed by atoms with Crippen molar-refractivity contribution >= 4 is 21.6 Å². The molecule has 0 radical (unpaired) electrons. The van der Waals surface area contributed by atoms with Crippen LogP contribution in [0.15, 0.2) is 41.6 Å². The summed E-state index contributed by atoms with van der Waals surface area (Å²) in [6, 6.07) is 7.82. The standard InChI is InChI=1S/C24H30N4O3S/c1-16-5-8-27-15-21(26-22(27)13-16)14-25-24(29)20-6-9-28(10-7-20)32(30,31)23-18(3)11-17(2)12-19(23)4/h5,8,11-13,15,20H,6-7,9-10,14H2,1-4H3,(H,25,29). The van der Waals surface area contributed by atoms with Crippen LogP contribution in [-0.2, 0) is 21.4 Å². The maximum absolute atomic E-state index is 13.3. The molecule has 1 fully saturated rings.